The van der Waals surface area contributed by atoms with Gasteiger partial charge in [-0.15, -0.1) is 0 Å². The molecular formula is C12H19NO2. The molecule has 1 rings (SSSR count). The summed E-state index contributed by atoms with van der Waals surface area (Å²) < 4.78 is 5.41. The highest BCUT2D eigenvalue weighted by molar-refractivity contribution is 5.75. The van der Waals surface area contributed by atoms with Crippen LogP contribution in [0.2, 0.25) is 0 Å². The predicted octanol–water partition coefficient (Wildman–Crippen LogP) is 2.74. The molecule has 3 heteroatoms. The normalized spacial score (nSPS) is 10.3. The summed E-state index contributed by atoms with van der Waals surface area (Å²) in [5.41, 5.74) is 0. The van der Waals surface area contributed by atoms with E-state index in [0.29, 0.717) is 13.0 Å². The van der Waals surface area contributed by atoms with E-state index < -0.39 is 0 Å². The standard InChI is InChI=1S/C12H19NO2/c1-4-5-6-12(14)13(3)9-11-8-7-10(2)15-11/h7-8H,4-6,9H2,1-3H3. The van der Waals surface area contributed by atoms with Gasteiger partial charge in [0.05, 0.1) is 6.54 Å². The van der Waals surface area contributed by atoms with Crippen molar-refractivity contribution < 1.29 is 9.21 Å². The average molecular weight is 209 g/mol. The van der Waals surface area contributed by atoms with Gasteiger partial charge in [0, 0.05) is 13.5 Å². The minimum atomic E-state index is 0.186. The Labute approximate surface area is 91.1 Å². The van der Waals surface area contributed by atoms with Gasteiger partial charge in [0.1, 0.15) is 11.5 Å². The molecule has 0 aliphatic rings. The van der Waals surface area contributed by atoms with Gasteiger partial charge in [0.2, 0.25) is 5.91 Å². The zero-order valence-corrected chi connectivity index (χ0v) is 9.75. The average Bonchev–Trinajstić information content (AvgIpc) is 2.60. The van der Waals surface area contributed by atoms with Gasteiger partial charge >= 0.3 is 0 Å². The predicted molar refractivity (Wildman–Crippen MR) is 59.4 cm³/mol. The molecule has 0 saturated heterocycles. The molecule has 0 spiro atoms. The maximum Gasteiger partial charge on any atom is 0.222 e. The summed E-state index contributed by atoms with van der Waals surface area (Å²) >= 11 is 0. The Hall–Kier alpha value is -1.25. The van der Waals surface area contributed by atoms with Crippen molar-refractivity contribution in [1.82, 2.24) is 4.90 Å². The molecule has 0 fully saturated rings. The van der Waals surface area contributed by atoms with Crippen LogP contribution in [-0.4, -0.2) is 17.9 Å². The van der Waals surface area contributed by atoms with E-state index in [9.17, 15) is 4.79 Å². The number of amides is 1. The molecule has 15 heavy (non-hydrogen) atoms. The van der Waals surface area contributed by atoms with Crippen LogP contribution in [0.1, 0.15) is 37.7 Å². The summed E-state index contributed by atoms with van der Waals surface area (Å²) in [6.45, 7) is 4.56. The fraction of sp³-hybridized carbons (Fsp3) is 0.583. The third-order valence-corrected chi connectivity index (χ3v) is 2.36. The molecule has 0 aliphatic carbocycles. The zero-order valence-electron chi connectivity index (χ0n) is 9.75. The first-order chi connectivity index (χ1) is 7.13. The van der Waals surface area contributed by atoms with Crippen molar-refractivity contribution in [3.63, 3.8) is 0 Å². The quantitative estimate of drug-likeness (QED) is 0.747. The molecule has 0 N–H and O–H groups in total. The Morgan fingerprint density at radius 2 is 2.20 bits per heavy atom. The number of furan rings is 1. The van der Waals surface area contributed by atoms with Crippen LogP contribution < -0.4 is 0 Å². The lowest BCUT2D eigenvalue weighted by Crippen LogP contribution is -2.25. The number of hydrogen-bond donors (Lipinski definition) is 0. The second-order valence-electron chi connectivity index (χ2n) is 3.87. The van der Waals surface area contributed by atoms with Crippen molar-refractivity contribution in [2.24, 2.45) is 0 Å². The first-order valence-corrected chi connectivity index (χ1v) is 5.42. The van der Waals surface area contributed by atoms with Gasteiger partial charge in [-0.3, -0.25) is 4.79 Å². The van der Waals surface area contributed by atoms with Crippen molar-refractivity contribution in [2.45, 2.75) is 39.7 Å². The summed E-state index contributed by atoms with van der Waals surface area (Å²) in [5.74, 6) is 1.92. The van der Waals surface area contributed by atoms with Crippen LogP contribution in [0.5, 0.6) is 0 Å². The van der Waals surface area contributed by atoms with Gasteiger partial charge in [-0.2, -0.15) is 0 Å². The Balaban J connectivity index is 2.41. The number of hydrogen-bond acceptors (Lipinski definition) is 2. The van der Waals surface area contributed by atoms with Crippen LogP contribution in [0, 0.1) is 6.92 Å². The van der Waals surface area contributed by atoms with Crippen LogP contribution in [-0.2, 0) is 11.3 Å². The maximum atomic E-state index is 11.6. The Kier molecular flexibility index (Phi) is 4.40. The van der Waals surface area contributed by atoms with Gasteiger partial charge < -0.3 is 9.32 Å². The number of rotatable bonds is 5. The Bertz CT molecular complexity index is 317. The van der Waals surface area contributed by atoms with Crippen molar-refractivity contribution in [2.75, 3.05) is 7.05 Å². The molecular weight excluding hydrogens is 190 g/mol. The molecule has 0 saturated carbocycles. The van der Waals surface area contributed by atoms with E-state index >= 15 is 0 Å². The second kappa shape index (κ2) is 5.59. The molecule has 0 bridgehead atoms. The lowest BCUT2D eigenvalue weighted by Gasteiger charge is -2.15. The minimum Gasteiger partial charge on any atom is -0.464 e. The summed E-state index contributed by atoms with van der Waals surface area (Å²) in [4.78, 5) is 13.3. The van der Waals surface area contributed by atoms with Crippen LogP contribution in [0.4, 0.5) is 0 Å². The summed E-state index contributed by atoms with van der Waals surface area (Å²) in [5, 5.41) is 0. The van der Waals surface area contributed by atoms with E-state index in [1.165, 1.54) is 0 Å². The van der Waals surface area contributed by atoms with E-state index in [-0.39, 0.29) is 5.91 Å². The van der Waals surface area contributed by atoms with Crippen LogP contribution >= 0.6 is 0 Å². The first-order valence-electron chi connectivity index (χ1n) is 5.42. The number of unbranched alkanes of at least 4 members (excludes halogenated alkanes) is 1. The fourth-order valence-electron chi connectivity index (χ4n) is 1.41. The molecule has 1 aromatic rings. The molecule has 1 aromatic heterocycles. The molecule has 0 unspecified atom stereocenters. The van der Waals surface area contributed by atoms with Crippen LogP contribution in [0.15, 0.2) is 16.5 Å². The largest absolute Gasteiger partial charge is 0.464 e. The molecule has 84 valence electrons. The van der Waals surface area contributed by atoms with Crippen LogP contribution in [0.3, 0.4) is 0 Å². The van der Waals surface area contributed by atoms with Gasteiger partial charge in [0.15, 0.2) is 0 Å². The molecule has 1 amide bonds. The number of carbonyl (C=O) groups is 1. The topological polar surface area (TPSA) is 33.5 Å². The third-order valence-electron chi connectivity index (χ3n) is 2.36. The lowest BCUT2D eigenvalue weighted by molar-refractivity contribution is -0.130. The molecule has 0 radical (unpaired) electrons. The molecule has 3 nitrogen and oxygen atoms in total. The van der Waals surface area contributed by atoms with Crippen molar-refractivity contribution >= 4 is 5.91 Å². The van der Waals surface area contributed by atoms with E-state index in [4.69, 9.17) is 4.42 Å². The molecule has 0 aliphatic heterocycles. The highest BCUT2D eigenvalue weighted by Gasteiger charge is 2.10. The zero-order chi connectivity index (χ0) is 11.3. The van der Waals surface area contributed by atoms with E-state index in [1.807, 2.05) is 26.1 Å². The number of carbonyl (C=O) groups excluding carboxylic acids is 1. The fourth-order valence-corrected chi connectivity index (χ4v) is 1.41. The van der Waals surface area contributed by atoms with Crippen molar-refractivity contribution in [3.05, 3.63) is 23.7 Å². The van der Waals surface area contributed by atoms with Crippen LogP contribution in [0.25, 0.3) is 0 Å². The third kappa shape index (κ3) is 3.78. The summed E-state index contributed by atoms with van der Waals surface area (Å²) in [6, 6.07) is 3.83. The van der Waals surface area contributed by atoms with Crippen molar-refractivity contribution in [1.29, 1.82) is 0 Å². The van der Waals surface area contributed by atoms with E-state index in [0.717, 1.165) is 24.4 Å². The second-order valence-corrected chi connectivity index (χ2v) is 3.87. The molecule has 0 atom stereocenters. The SMILES string of the molecule is CCCCC(=O)N(C)Cc1ccc(C)o1. The Morgan fingerprint density at radius 1 is 1.47 bits per heavy atom. The number of aryl methyl sites for hydroxylation is 1. The van der Waals surface area contributed by atoms with Gasteiger partial charge in [0.25, 0.3) is 0 Å². The summed E-state index contributed by atoms with van der Waals surface area (Å²) in [6.07, 6.45) is 2.65. The van der Waals surface area contributed by atoms with Gasteiger partial charge in [-0.1, -0.05) is 13.3 Å². The van der Waals surface area contributed by atoms with E-state index in [1.54, 1.807) is 4.90 Å². The lowest BCUT2D eigenvalue weighted by atomic mass is 10.2. The Morgan fingerprint density at radius 3 is 2.73 bits per heavy atom. The molecule has 1 heterocycles. The molecule has 0 aromatic carbocycles. The van der Waals surface area contributed by atoms with Gasteiger partial charge in [-0.25, -0.2) is 0 Å². The number of nitrogens with zero attached hydrogens (tertiary/aromatic N) is 1. The van der Waals surface area contributed by atoms with E-state index in [2.05, 4.69) is 6.92 Å². The maximum absolute atomic E-state index is 11.6. The highest BCUT2D eigenvalue weighted by atomic mass is 16.3. The monoisotopic (exact) mass is 209 g/mol. The summed E-state index contributed by atoms with van der Waals surface area (Å²) in [7, 11) is 1.82. The van der Waals surface area contributed by atoms with Gasteiger partial charge in [-0.05, 0) is 25.5 Å². The van der Waals surface area contributed by atoms with Crippen molar-refractivity contribution in [3.8, 4) is 0 Å². The minimum absolute atomic E-state index is 0.186. The highest BCUT2D eigenvalue weighted by Crippen LogP contribution is 2.09. The smallest absolute Gasteiger partial charge is 0.222 e. The first kappa shape index (κ1) is 11.8.